The minimum atomic E-state index is 0.537. The van der Waals surface area contributed by atoms with Crippen molar-refractivity contribution in [1.82, 2.24) is 4.90 Å². The first kappa shape index (κ1) is 7.95. The van der Waals surface area contributed by atoms with Crippen LogP contribution in [-0.4, -0.2) is 24.4 Å². The lowest BCUT2D eigenvalue weighted by atomic mass is 11.0. The maximum atomic E-state index is 9.99. The van der Waals surface area contributed by atoms with Gasteiger partial charge in [-0.1, -0.05) is 12.2 Å². The second kappa shape index (κ2) is 5.09. The van der Waals surface area contributed by atoms with Crippen molar-refractivity contribution in [1.29, 1.82) is 0 Å². The van der Waals surface area contributed by atoms with Gasteiger partial charge in [0.15, 0.2) is 0 Å². The minimum absolute atomic E-state index is 0.537. The molecule has 0 spiro atoms. The molecule has 0 aromatic carbocycles. The predicted octanol–water partition coefficient (Wildman–Crippen LogP) is 0.728. The van der Waals surface area contributed by atoms with Gasteiger partial charge < -0.3 is 4.90 Å². The van der Waals surface area contributed by atoms with E-state index in [1.54, 1.807) is 18.6 Å². The lowest BCUT2D eigenvalue weighted by Crippen LogP contribution is -2.21. The molecule has 2 heteroatoms. The molecule has 0 aliphatic rings. The summed E-state index contributed by atoms with van der Waals surface area (Å²) < 4.78 is 0. The number of hydrogen-bond acceptors (Lipinski definition) is 1. The number of hydrogen-bond donors (Lipinski definition) is 0. The molecular weight excluding hydrogens is 118 g/mol. The normalized spacial score (nSPS) is 8.00. The second-order valence-corrected chi connectivity index (χ2v) is 1.57. The molecule has 0 bridgehead atoms. The van der Waals surface area contributed by atoms with Crippen LogP contribution in [0.2, 0.25) is 0 Å². The van der Waals surface area contributed by atoms with Gasteiger partial charge in [0, 0.05) is 13.1 Å². The number of amides is 1. The van der Waals surface area contributed by atoms with E-state index in [1.807, 2.05) is 0 Å². The summed E-state index contributed by atoms with van der Waals surface area (Å²) in [5.41, 5.74) is 0. The van der Waals surface area contributed by atoms with E-state index in [4.69, 9.17) is 0 Å². The Labute approximate surface area is 55.5 Å². The zero-order valence-corrected chi connectivity index (χ0v) is 5.34. The lowest BCUT2D eigenvalue weighted by molar-refractivity contribution is 0.437. The van der Waals surface area contributed by atoms with Crippen LogP contribution in [0.15, 0.2) is 25.3 Å². The Balaban J connectivity index is 3.51. The Kier molecular flexibility index (Phi) is 4.50. The first-order valence-corrected chi connectivity index (χ1v) is 2.69. The van der Waals surface area contributed by atoms with Crippen molar-refractivity contribution >= 4 is 6.41 Å². The molecule has 0 fully saturated rings. The van der Waals surface area contributed by atoms with Gasteiger partial charge in [0.2, 0.25) is 0 Å². The Morgan fingerprint density at radius 2 is 1.78 bits per heavy atom. The van der Waals surface area contributed by atoms with Crippen molar-refractivity contribution in [3.05, 3.63) is 25.3 Å². The summed E-state index contributed by atoms with van der Waals surface area (Å²) in [4.78, 5) is 11.4. The summed E-state index contributed by atoms with van der Waals surface area (Å²) in [6.07, 6.45) is 5.04. The van der Waals surface area contributed by atoms with Crippen molar-refractivity contribution < 1.29 is 4.79 Å². The summed E-state index contributed by atoms with van der Waals surface area (Å²) in [5.74, 6) is 0. The summed E-state index contributed by atoms with van der Waals surface area (Å²) in [7, 11) is 0. The van der Waals surface area contributed by atoms with E-state index in [9.17, 15) is 4.79 Å². The standard InChI is InChI=1S/C7H10NO/c1-3-5-8(7-9)6-4-2/h3-4H,1-2,5-6H2/i5+2,6+2. The molecule has 0 aliphatic carbocycles. The van der Waals surface area contributed by atoms with Crippen LogP contribution in [-0.2, 0) is 4.79 Å². The van der Waals surface area contributed by atoms with Crippen LogP contribution in [0.1, 0.15) is 0 Å². The molecule has 0 saturated carbocycles. The highest BCUT2D eigenvalue weighted by molar-refractivity contribution is 5.48. The maximum Gasteiger partial charge on any atom is 0.312 e. The highest BCUT2D eigenvalue weighted by atomic mass is 16.2. The Hall–Kier alpha value is -1.05. The lowest BCUT2D eigenvalue weighted by Gasteiger charge is -2.08. The van der Waals surface area contributed by atoms with Crippen molar-refractivity contribution in [2.75, 3.05) is 13.1 Å². The van der Waals surface area contributed by atoms with Gasteiger partial charge in [0.25, 0.3) is 0 Å². The van der Waals surface area contributed by atoms with E-state index >= 15 is 0 Å². The van der Waals surface area contributed by atoms with Crippen LogP contribution in [0.25, 0.3) is 0 Å². The SMILES string of the molecule is C=C[14CH2]N([C]=O)[14CH2]C=C. The molecule has 0 aromatic rings. The number of carbonyl (C=O) groups excluding carboxylic acids is 1. The fourth-order valence-electron chi connectivity index (χ4n) is 0.461. The molecule has 0 N–H and O–H groups in total. The molecule has 9 heavy (non-hydrogen) atoms. The van der Waals surface area contributed by atoms with Gasteiger partial charge in [-0.25, -0.2) is 0 Å². The largest absolute Gasteiger partial charge is 0.327 e. The summed E-state index contributed by atoms with van der Waals surface area (Å²) in [5, 5.41) is 0. The Bertz CT molecular complexity index is 99.5. The van der Waals surface area contributed by atoms with Crippen LogP contribution < -0.4 is 0 Å². The van der Waals surface area contributed by atoms with Gasteiger partial charge in [-0.3, -0.25) is 4.79 Å². The quantitative estimate of drug-likeness (QED) is 0.395. The Morgan fingerprint density at radius 1 is 1.33 bits per heavy atom. The molecule has 2 nitrogen and oxygen atoms in total. The third-order valence-electron chi connectivity index (χ3n) is 0.828. The van der Waals surface area contributed by atoms with Crippen LogP contribution in [0.3, 0.4) is 0 Å². The Morgan fingerprint density at radius 3 is 2.00 bits per heavy atom. The smallest absolute Gasteiger partial charge is 0.312 e. The number of nitrogens with zero attached hydrogens (tertiary/aromatic N) is 1. The molecule has 1 radical (unpaired) electrons. The molecule has 0 unspecified atom stereocenters. The fourth-order valence-corrected chi connectivity index (χ4v) is 0.461. The van der Waals surface area contributed by atoms with Gasteiger partial charge in [-0.15, -0.1) is 13.2 Å². The van der Waals surface area contributed by atoms with Gasteiger partial charge in [-0.05, 0) is 0 Å². The molecule has 0 heterocycles. The van der Waals surface area contributed by atoms with E-state index in [0.717, 1.165) is 0 Å². The highest BCUT2D eigenvalue weighted by Crippen LogP contribution is 1.81. The average molecular weight is 128 g/mol. The molecule has 0 rings (SSSR count). The molecule has 0 aromatic heterocycles. The van der Waals surface area contributed by atoms with Gasteiger partial charge >= 0.3 is 6.41 Å². The highest BCUT2D eigenvalue weighted by Gasteiger charge is 1.93. The monoisotopic (exact) mass is 128 g/mol. The van der Waals surface area contributed by atoms with E-state index in [1.165, 1.54) is 4.90 Å². The van der Waals surface area contributed by atoms with Crippen LogP contribution in [0.4, 0.5) is 0 Å². The third kappa shape index (κ3) is 3.53. The number of rotatable bonds is 5. The summed E-state index contributed by atoms with van der Waals surface area (Å²) in [6.45, 7) is 8.03. The molecule has 1 amide bonds. The zero-order chi connectivity index (χ0) is 7.11. The van der Waals surface area contributed by atoms with E-state index in [-0.39, 0.29) is 0 Å². The van der Waals surface area contributed by atoms with Crippen LogP contribution in [0.5, 0.6) is 0 Å². The fraction of sp³-hybridized carbons (Fsp3) is 0.286. The average Bonchev–Trinajstić information content (AvgIpc) is 1.88. The van der Waals surface area contributed by atoms with Gasteiger partial charge in [0.05, 0.1) is 0 Å². The first-order chi connectivity index (χ1) is 4.35. The van der Waals surface area contributed by atoms with Crippen molar-refractivity contribution in [2.24, 2.45) is 0 Å². The van der Waals surface area contributed by atoms with Crippen molar-refractivity contribution in [3.63, 3.8) is 0 Å². The van der Waals surface area contributed by atoms with Crippen LogP contribution >= 0.6 is 0 Å². The van der Waals surface area contributed by atoms with E-state index < -0.39 is 0 Å². The predicted molar refractivity (Wildman–Crippen MR) is 37.7 cm³/mol. The van der Waals surface area contributed by atoms with Gasteiger partial charge in [-0.2, -0.15) is 0 Å². The molecular formula is C7H10NO. The maximum absolute atomic E-state index is 9.99. The minimum Gasteiger partial charge on any atom is -0.327 e. The van der Waals surface area contributed by atoms with E-state index in [0.29, 0.717) is 13.1 Å². The zero-order valence-electron chi connectivity index (χ0n) is 5.34. The van der Waals surface area contributed by atoms with Crippen molar-refractivity contribution in [3.8, 4) is 0 Å². The molecule has 0 aliphatic heterocycles. The van der Waals surface area contributed by atoms with Crippen molar-refractivity contribution in [2.45, 2.75) is 0 Å². The molecule has 0 atom stereocenters. The topological polar surface area (TPSA) is 20.3 Å². The molecule has 0 saturated heterocycles. The first-order valence-electron chi connectivity index (χ1n) is 2.69. The van der Waals surface area contributed by atoms with Crippen LogP contribution in [0, 0.1) is 0 Å². The summed E-state index contributed by atoms with van der Waals surface area (Å²) >= 11 is 0. The molecule has 49 valence electrons. The summed E-state index contributed by atoms with van der Waals surface area (Å²) in [6, 6.07) is 0. The van der Waals surface area contributed by atoms with Gasteiger partial charge in [0.1, 0.15) is 0 Å². The third-order valence-corrected chi connectivity index (χ3v) is 0.828. The van der Waals surface area contributed by atoms with E-state index in [2.05, 4.69) is 13.2 Å². The second-order valence-electron chi connectivity index (χ2n) is 1.57.